The van der Waals surface area contributed by atoms with E-state index in [9.17, 15) is 8.78 Å². The molecular formula is C24H33F2IN4O. The predicted octanol–water partition coefficient (Wildman–Crippen LogP) is 4.73. The molecule has 3 rings (SSSR count). The molecule has 1 aliphatic rings. The molecule has 176 valence electrons. The maximum absolute atomic E-state index is 14.0. The highest BCUT2D eigenvalue weighted by molar-refractivity contribution is 14.0. The van der Waals surface area contributed by atoms with Crippen LogP contribution in [0.25, 0.3) is 0 Å². The molecule has 0 amide bonds. The summed E-state index contributed by atoms with van der Waals surface area (Å²) in [5.74, 6) is 0.951. The zero-order valence-corrected chi connectivity index (χ0v) is 21.2. The van der Waals surface area contributed by atoms with E-state index in [2.05, 4.69) is 20.5 Å². The van der Waals surface area contributed by atoms with Crippen molar-refractivity contribution < 1.29 is 13.5 Å². The Morgan fingerprint density at radius 3 is 2.50 bits per heavy atom. The summed E-state index contributed by atoms with van der Waals surface area (Å²) in [7, 11) is 3.18. The van der Waals surface area contributed by atoms with Crippen molar-refractivity contribution in [3.8, 4) is 5.75 Å². The Balaban J connectivity index is 0.00000363. The van der Waals surface area contributed by atoms with Crippen LogP contribution in [-0.4, -0.2) is 44.7 Å². The van der Waals surface area contributed by atoms with Crippen molar-refractivity contribution in [2.75, 3.05) is 33.8 Å². The van der Waals surface area contributed by atoms with Crippen LogP contribution in [-0.2, 0) is 6.54 Å². The molecule has 8 heteroatoms. The number of nitrogens with zero attached hydrogens (tertiary/aromatic N) is 2. The van der Waals surface area contributed by atoms with E-state index in [4.69, 9.17) is 4.74 Å². The first kappa shape index (κ1) is 26.3. The van der Waals surface area contributed by atoms with Crippen molar-refractivity contribution in [1.29, 1.82) is 0 Å². The summed E-state index contributed by atoms with van der Waals surface area (Å²) in [5, 5.41) is 6.71. The van der Waals surface area contributed by atoms with Crippen molar-refractivity contribution >= 4 is 29.9 Å². The Bertz CT molecular complexity index is 888. The first-order chi connectivity index (χ1) is 15.0. The van der Waals surface area contributed by atoms with E-state index >= 15 is 0 Å². The molecule has 2 N–H and O–H groups in total. The topological polar surface area (TPSA) is 48.9 Å². The molecule has 1 heterocycles. The number of benzene rings is 2. The molecule has 0 spiro atoms. The zero-order valence-electron chi connectivity index (χ0n) is 18.9. The summed E-state index contributed by atoms with van der Waals surface area (Å²) in [4.78, 5) is 6.61. The minimum absolute atomic E-state index is 0. The second-order valence-corrected chi connectivity index (χ2v) is 8.02. The van der Waals surface area contributed by atoms with Crippen LogP contribution in [0.3, 0.4) is 0 Å². The van der Waals surface area contributed by atoms with Crippen LogP contribution >= 0.6 is 24.0 Å². The molecule has 0 radical (unpaired) electrons. The summed E-state index contributed by atoms with van der Waals surface area (Å²) in [6.07, 6.45) is 2.11. The Labute approximate surface area is 206 Å². The fourth-order valence-corrected chi connectivity index (χ4v) is 3.89. The first-order valence-corrected chi connectivity index (χ1v) is 10.8. The van der Waals surface area contributed by atoms with Gasteiger partial charge in [-0.15, -0.1) is 24.0 Å². The fourth-order valence-electron chi connectivity index (χ4n) is 3.89. The van der Waals surface area contributed by atoms with Gasteiger partial charge >= 0.3 is 0 Å². The van der Waals surface area contributed by atoms with E-state index in [0.29, 0.717) is 18.4 Å². The summed E-state index contributed by atoms with van der Waals surface area (Å²) in [6, 6.07) is 11.8. The van der Waals surface area contributed by atoms with Crippen LogP contribution in [0.15, 0.2) is 47.5 Å². The van der Waals surface area contributed by atoms with Crippen LogP contribution in [0.5, 0.6) is 5.75 Å². The van der Waals surface area contributed by atoms with Crippen molar-refractivity contribution in [3.63, 3.8) is 0 Å². The number of halogens is 3. The Kier molecular flexibility index (Phi) is 10.6. The molecule has 1 atom stereocenters. The third-order valence-electron chi connectivity index (χ3n) is 5.87. The van der Waals surface area contributed by atoms with Crippen molar-refractivity contribution in [3.05, 3.63) is 65.2 Å². The zero-order chi connectivity index (χ0) is 22.2. The highest BCUT2D eigenvalue weighted by atomic mass is 127. The third kappa shape index (κ3) is 7.30. The molecular weight excluding hydrogens is 525 g/mol. The monoisotopic (exact) mass is 558 g/mol. The van der Waals surface area contributed by atoms with Gasteiger partial charge in [-0.2, -0.15) is 0 Å². The second kappa shape index (κ2) is 12.9. The maximum Gasteiger partial charge on any atom is 0.191 e. The highest BCUT2D eigenvalue weighted by Gasteiger charge is 2.20. The van der Waals surface area contributed by atoms with Gasteiger partial charge < -0.3 is 15.4 Å². The SMILES string of the molecule is CN=C(NCC1CCN(Cc2ccccc2F)CC1)NC(C)c1ccc(OC)c(F)c1.I. The average molecular weight is 558 g/mol. The first-order valence-electron chi connectivity index (χ1n) is 10.8. The van der Waals surface area contributed by atoms with Gasteiger partial charge in [0, 0.05) is 25.7 Å². The normalized spacial score (nSPS) is 16.2. The van der Waals surface area contributed by atoms with Crippen molar-refractivity contribution in [2.45, 2.75) is 32.4 Å². The molecule has 2 aromatic carbocycles. The van der Waals surface area contributed by atoms with E-state index in [1.165, 1.54) is 19.2 Å². The molecule has 1 saturated heterocycles. The Morgan fingerprint density at radius 2 is 1.88 bits per heavy atom. The summed E-state index contributed by atoms with van der Waals surface area (Å²) < 4.78 is 32.8. The maximum atomic E-state index is 14.0. The fraction of sp³-hybridized carbons (Fsp3) is 0.458. The average Bonchev–Trinajstić information content (AvgIpc) is 2.79. The van der Waals surface area contributed by atoms with Gasteiger partial charge in [-0.25, -0.2) is 8.78 Å². The van der Waals surface area contributed by atoms with Crippen LogP contribution in [0.4, 0.5) is 8.78 Å². The third-order valence-corrected chi connectivity index (χ3v) is 5.87. The minimum atomic E-state index is -0.376. The number of hydrogen-bond donors (Lipinski definition) is 2. The molecule has 1 fully saturated rings. The summed E-state index contributed by atoms with van der Waals surface area (Å²) in [5.41, 5.74) is 1.58. The number of methoxy groups -OCH3 is 1. The lowest BCUT2D eigenvalue weighted by molar-refractivity contribution is 0.176. The van der Waals surface area contributed by atoms with E-state index in [1.807, 2.05) is 25.1 Å². The van der Waals surface area contributed by atoms with Crippen molar-refractivity contribution in [1.82, 2.24) is 15.5 Å². The van der Waals surface area contributed by atoms with E-state index in [0.717, 1.165) is 43.6 Å². The summed E-state index contributed by atoms with van der Waals surface area (Å²) >= 11 is 0. The largest absolute Gasteiger partial charge is 0.494 e. The number of aliphatic imine (C=N–C) groups is 1. The van der Waals surface area contributed by atoms with Gasteiger partial charge in [0.2, 0.25) is 0 Å². The van der Waals surface area contributed by atoms with Gasteiger partial charge in [0.1, 0.15) is 5.82 Å². The van der Waals surface area contributed by atoms with E-state index in [1.54, 1.807) is 19.2 Å². The van der Waals surface area contributed by atoms with E-state index < -0.39 is 0 Å². The number of rotatable bonds is 7. The number of hydrogen-bond acceptors (Lipinski definition) is 3. The van der Waals surface area contributed by atoms with Gasteiger partial charge in [-0.3, -0.25) is 9.89 Å². The summed E-state index contributed by atoms with van der Waals surface area (Å²) in [6.45, 7) is 5.35. The quantitative estimate of drug-likeness (QED) is 0.293. The van der Waals surface area contributed by atoms with Gasteiger partial charge in [0.25, 0.3) is 0 Å². The van der Waals surface area contributed by atoms with Gasteiger partial charge in [0.05, 0.1) is 13.2 Å². The smallest absolute Gasteiger partial charge is 0.191 e. The Hall–Kier alpha value is -1.94. The van der Waals surface area contributed by atoms with Crippen LogP contribution in [0.1, 0.15) is 36.9 Å². The number of guanidine groups is 1. The number of nitrogens with one attached hydrogen (secondary N) is 2. The predicted molar refractivity (Wildman–Crippen MR) is 136 cm³/mol. The highest BCUT2D eigenvalue weighted by Crippen LogP contribution is 2.22. The van der Waals surface area contributed by atoms with Gasteiger partial charge in [-0.1, -0.05) is 24.3 Å². The molecule has 1 aliphatic heterocycles. The van der Waals surface area contributed by atoms with Crippen LogP contribution in [0.2, 0.25) is 0 Å². The van der Waals surface area contributed by atoms with Crippen molar-refractivity contribution in [2.24, 2.45) is 10.9 Å². The molecule has 2 aromatic rings. The van der Waals surface area contributed by atoms with Crippen LogP contribution < -0.4 is 15.4 Å². The van der Waals surface area contributed by atoms with E-state index in [-0.39, 0.29) is 47.4 Å². The second-order valence-electron chi connectivity index (χ2n) is 8.02. The lowest BCUT2D eigenvalue weighted by Crippen LogP contribution is -2.43. The number of piperidine rings is 1. The van der Waals surface area contributed by atoms with Gasteiger partial charge in [0.15, 0.2) is 17.5 Å². The molecule has 0 aliphatic carbocycles. The molecule has 0 aromatic heterocycles. The standard InChI is InChI=1S/C24H32F2N4O.HI/c1-17(19-8-9-23(31-3)22(26)14-19)29-24(27-2)28-15-18-10-12-30(13-11-18)16-20-6-4-5-7-21(20)25;/h4-9,14,17-18H,10-13,15-16H2,1-3H3,(H2,27,28,29);1H. The lowest BCUT2D eigenvalue weighted by Gasteiger charge is -2.32. The number of ether oxygens (including phenoxy) is 1. The molecule has 0 bridgehead atoms. The lowest BCUT2D eigenvalue weighted by atomic mass is 9.96. The molecule has 0 saturated carbocycles. The van der Waals surface area contributed by atoms with Crippen LogP contribution in [0, 0.1) is 17.6 Å². The molecule has 1 unspecified atom stereocenters. The minimum Gasteiger partial charge on any atom is -0.494 e. The molecule has 5 nitrogen and oxygen atoms in total. The molecule has 32 heavy (non-hydrogen) atoms. The van der Waals surface area contributed by atoms with Gasteiger partial charge in [-0.05, 0) is 62.5 Å². The Morgan fingerprint density at radius 1 is 1.16 bits per heavy atom. The number of likely N-dealkylation sites (tertiary alicyclic amines) is 1.